The lowest BCUT2D eigenvalue weighted by Crippen LogP contribution is -2.01. The first-order valence-corrected chi connectivity index (χ1v) is 6.96. The van der Waals surface area contributed by atoms with E-state index in [0.29, 0.717) is 26.7 Å². The standard InChI is InChI=1S/C13H12Cl3N3/c1-2-3-9-12(16)17-7-18-13(9)19-11-6-8(14)4-5-10(11)15/h4-7H,2-3H2,1H3,(H,17,18,19). The second-order valence-corrected chi connectivity index (χ2v) is 5.19. The van der Waals surface area contributed by atoms with Crippen LogP contribution < -0.4 is 5.32 Å². The molecule has 0 unspecified atom stereocenters. The second kappa shape index (κ2) is 6.42. The van der Waals surface area contributed by atoms with Crippen molar-refractivity contribution in [1.82, 2.24) is 9.97 Å². The average Bonchev–Trinajstić information content (AvgIpc) is 2.38. The molecule has 0 radical (unpaired) electrons. The zero-order valence-electron chi connectivity index (χ0n) is 10.3. The van der Waals surface area contributed by atoms with E-state index < -0.39 is 0 Å². The lowest BCUT2D eigenvalue weighted by atomic mass is 10.2. The average molecular weight is 317 g/mol. The van der Waals surface area contributed by atoms with Crippen LogP contribution >= 0.6 is 34.8 Å². The molecule has 19 heavy (non-hydrogen) atoms. The van der Waals surface area contributed by atoms with Gasteiger partial charge < -0.3 is 5.32 Å². The summed E-state index contributed by atoms with van der Waals surface area (Å²) in [5.41, 5.74) is 1.57. The lowest BCUT2D eigenvalue weighted by molar-refractivity contribution is 0.904. The van der Waals surface area contributed by atoms with E-state index in [-0.39, 0.29) is 0 Å². The number of rotatable bonds is 4. The van der Waals surface area contributed by atoms with Crippen LogP contribution in [0.25, 0.3) is 0 Å². The van der Waals surface area contributed by atoms with Crippen LogP contribution in [0.4, 0.5) is 11.5 Å². The summed E-state index contributed by atoms with van der Waals surface area (Å²) in [4.78, 5) is 8.21. The predicted molar refractivity (Wildman–Crippen MR) is 80.8 cm³/mol. The van der Waals surface area contributed by atoms with Crippen LogP contribution in [-0.4, -0.2) is 9.97 Å². The maximum absolute atomic E-state index is 6.12. The van der Waals surface area contributed by atoms with Gasteiger partial charge in [0.15, 0.2) is 0 Å². The minimum atomic E-state index is 0.456. The summed E-state index contributed by atoms with van der Waals surface area (Å²) in [6, 6.07) is 5.21. The van der Waals surface area contributed by atoms with Crippen molar-refractivity contribution in [2.24, 2.45) is 0 Å². The van der Waals surface area contributed by atoms with Crippen LogP contribution in [0.3, 0.4) is 0 Å². The Labute approximate surface area is 126 Å². The SMILES string of the molecule is CCCc1c(Cl)ncnc1Nc1cc(Cl)ccc1Cl. The minimum absolute atomic E-state index is 0.456. The Balaban J connectivity index is 2.37. The van der Waals surface area contributed by atoms with Gasteiger partial charge >= 0.3 is 0 Å². The van der Waals surface area contributed by atoms with E-state index in [4.69, 9.17) is 34.8 Å². The van der Waals surface area contributed by atoms with Gasteiger partial charge in [0.05, 0.1) is 10.7 Å². The molecule has 0 atom stereocenters. The maximum atomic E-state index is 6.12. The van der Waals surface area contributed by atoms with Gasteiger partial charge in [-0.15, -0.1) is 0 Å². The molecule has 1 N–H and O–H groups in total. The van der Waals surface area contributed by atoms with E-state index in [0.717, 1.165) is 18.4 Å². The van der Waals surface area contributed by atoms with E-state index in [1.807, 2.05) is 0 Å². The van der Waals surface area contributed by atoms with Crippen molar-refractivity contribution in [2.45, 2.75) is 19.8 Å². The third-order valence-electron chi connectivity index (χ3n) is 2.57. The van der Waals surface area contributed by atoms with Gasteiger partial charge in [-0.05, 0) is 24.6 Å². The topological polar surface area (TPSA) is 37.8 Å². The fraction of sp³-hybridized carbons (Fsp3) is 0.231. The Bertz CT molecular complexity index is 587. The van der Waals surface area contributed by atoms with Crippen molar-refractivity contribution >= 4 is 46.3 Å². The molecule has 1 aromatic carbocycles. The quantitative estimate of drug-likeness (QED) is 0.794. The summed E-state index contributed by atoms with van der Waals surface area (Å²) in [6.45, 7) is 2.07. The summed E-state index contributed by atoms with van der Waals surface area (Å²) in [5, 5.41) is 4.78. The third kappa shape index (κ3) is 3.50. The number of nitrogens with zero attached hydrogens (tertiary/aromatic N) is 2. The van der Waals surface area contributed by atoms with Gasteiger partial charge in [-0.1, -0.05) is 48.1 Å². The van der Waals surface area contributed by atoms with Crippen LogP contribution in [0.15, 0.2) is 24.5 Å². The van der Waals surface area contributed by atoms with E-state index in [9.17, 15) is 0 Å². The molecule has 0 aliphatic heterocycles. The molecule has 2 rings (SSSR count). The van der Waals surface area contributed by atoms with Crippen LogP contribution in [0.1, 0.15) is 18.9 Å². The van der Waals surface area contributed by atoms with Gasteiger partial charge in [0, 0.05) is 10.6 Å². The molecule has 0 saturated heterocycles. The molecule has 0 fully saturated rings. The number of halogens is 3. The van der Waals surface area contributed by atoms with E-state index in [1.54, 1.807) is 18.2 Å². The van der Waals surface area contributed by atoms with Gasteiger partial charge in [0.1, 0.15) is 17.3 Å². The number of anilines is 2. The Morgan fingerprint density at radius 2 is 1.95 bits per heavy atom. The fourth-order valence-electron chi connectivity index (χ4n) is 1.69. The molecule has 0 bridgehead atoms. The third-order valence-corrected chi connectivity index (χ3v) is 3.46. The molecule has 1 heterocycles. The molecule has 6 heteroatoms. The second-order valence-electron chi connectivity index (χ2n) is 3.99. The highest BCUT2D eigenvalue weighted by atomic mass is 35.5. The molecule has 0 aliphatic rings. The lowest BCUT2D eigenvalue weighted by Gasteiger charge is -2.12. The Hall–Kier alpha value is -1.03. The van der Waals surface area contributed by atoms with Crippen molar-refractivity contribution in [2.75, 3.05) is 5.32 Å². The Morgan fingerprint density at radius 1 is 1.16 bits per heavy atom. The van der Waals surface area contributed by atoms with Gasteiger partial charge in [-0.25, -0.2) is 9.97 Å². The first-order valence-electron chi connectivity index (χ1n) is 5.83. The number of aromatic nitrogens is 2. The Kier molecular flexibility index (Phi) is 4.86. The zero-order chi connectivity index (χ0) is 13.8. The van der Waals surface area contributed by atoms with E-state index in [2.05, 4.69) is 22.2 Å². The smallest absolute Gasteiger partial charge is 0.138 e. The predicted octanol–water partition coefficient (Wildman–Crippen LogP) is 5.13. The first kappa shape index (κ1) is 14.4. The van der Waals surface area contributed by atoms with Crippen LogP contribution in [0.5, 0.6) is 0 Å². The van der Waals surface area contributed by atoms with Crippen molar-refractivity contribution in [3.63, 3.8) is 0 Å². The maximum Gasteiger partial charge on any atom is 0.138 e. The molecule has 0 aliphatic carbocycles. The molecule has 0 spiro atoms. The van der Waals surface area contributed by atoms with Crippen molar-refractivity contribution < 1.29 is 0 Å². The van der Waals surface area contributed by atoms with Crippen LogP contribution in [0.2, 0.25) is 15.2 Å². The first-order chi connectivity index (χ1) is 9.11. The highest BCUT2D eigenvalue weighted by Gasteiger charge is 2.11. The van der Waals surface area contributed by atoms with Gasteiger partial charge in [-0.2, -0.15) is 0 Å². The summed E-state index contributed by atoms with van der Waals surface area (Å²) in [5.74, 6) is 0.658. The fourth-order valence-corrected chi connectivity index (χ4v) is 2.26. The summed E-state index contributed by atoms with van der Waals surface area (Å²) in [7, 11) is 0. The summed E-state index contributed by atoms with van der Waals surface area (Å²) in [6.07, 6.45) is 3.16. The molecule has 100 valence electrons. The van der Waals surface area contributed by atoms with E-state index >= 15 is 0 Å². The highest BCUT2D eigenvalue weighted by molar-refractivity contribution is 6.35. The van der Waals surface area contributed by atoms with Crippen LogP contribution in [0, 0.1) is 0 Å². The minimum Gasteiger partial charge on any atom is -0.339 e. The molecular formula is C13H12Cl3N3. The van der Waals surface area contributed by atoms with Gasteiger partial charge in [-0.3, -0.25) is 0 Å². The van der Waals surface area contributed by atoms with E-state index in [1.165, 1.54) is 6.33 Å². The van der Waals surface area contributed by atoms with Gasteiger partial charge in [0.25, 0.3) is 0 Å². The molecule has 0 saturated carbocycles. The molecule has 1 aromatic heterocycles. The number of hydrogen-bond donors (Lipinski definition) is 1. The van der Waals surface area contributed by atoms with Crippen molar-refractivity contribution in [1.29, 1.82) is 0 Å². The number of benzene rings is 1. The monoisotopic (exact) mass is 315 g/mol. The molecule has 3 nitrogen and oxygen atoms in total. The summed E-state index contributed by atoms with van der Waals surface area (Å²) >= 11 is 18.2. The molecular weight excluding hydrogens is 305 g/mol. The summed E-state index contributed by atoms with van der Waals surface area (Å²) < 4.78 is 0. The highest BCUT2D eigenvalue weighted by Crippen LogP contribution is 2.30. The van der Waals surface area contributed by atoms with Crippen LogP contribution in [-0.2, 0) is 6.42 Å². The van der Waals surface area contributed by atoms with Gasteiger partial charge in [0.2, 0.25) is 0 Å². The largest absolute Gasteiger partial charge is 0.339 e. The Morgan fingerprint density at radius 3 is 2.68 bits per heavy atom. The number of nitrogens with one attached hydrogen (secondary N) is 1. The van der Waals surface area contributed by atoms with Crippen molar-refractivity contribution in [3.8, 4) is 0 Å². The molecule has 0 amide bonds. The van der Waals surface area contributed by atoms with Crippen molar-refractivity contribution in [3.05, 3.63) is 45.3 Å². The normalized spacial score (nSPS) is 10.5. The molecule has 2 aromatic rings. The number of hydrogen-bond acceptors (Lipinski definition) is 3. The zero-order valence-corrected chi connectivity index (χ0v) is 12.5.